The first-order valence-electron chi connectivity index (χ1n) is 11.1. The Hall–Kier alpha value is -4.34. The molecule has 36 heavy (non-hydrogen) atoms. The maximum absolute atomic E-state index is 15.3. The van der Waals surface area contributed by atoms with Crippen molar-refractivity contribution in [2.24, 2.45) is 0 Å². The van der Waals surface area contributed by atoms with Gasteiger partial charge in [-0.2, -0.15) is 0 Å². The quantitative estimate of drug-likeness (QED) is 0.296. The third kappa shape index (κ3) is 3.32. The van der Waals surface area contributed by atoms with Crippen molar-refractivity contribution >= 4 is 46.5 Å². The van der Waals surface area contributed by atoms with E-state index >= 15 is 4.39 Å². The van der Waals surface area contributed by atoms with Crippen LogP contribution < -0.4 is 10.2 Å². The second-order valence-corrected chi connectivity index (χ2v) is 8.71. The van der Waals surface area contributed by atoms with Gasteiger partial charge in [0.1, 0.15) is 12.3 Å². The molecular weight excluding hydrogens is 483 g/mol. The number of fused-ring (bicyclic) bond motifs is 2. The van der Waals surface area contributed by atoms with Crippen molar-refractivity contribution in [2.45, 2.75) is 11.8 Å². The van der Waals surface area contributed by atoms with Gasteiger partial charge in [-0.15, -0.1) is 0 Å². The summed E-state index contributed by atoms with van der Waals surface area (Å²) in [5, 5.41) is 15.2. The third-order valence-corrected chi connectivity index (χ3v) is 6.57. The molecule has 3 heterocycles. The minimum Gasteiger partial charge on any atom is -0.363 e. The number of H-pyrrole nitrogens is 1. The second kappa shape index (κ2) is 8.40. The number of aromatic nitrogens is 4. The van der Waals surface area contributed by atoms with Gasteiger partial charge in [0, 0.05) is 23.5 Å². The van der Waals surface area contributed by atoms with Crippen LogP contribution in [0.1, 0.15) is 22.7 Å². The molecule has 0 bridgehead atoms. The van der Waals surface area contributed by atoms with Crippen molar-refractivity contribution in [3.05, 3.63) is 107 Å². The number of aldehydes is 1. The first kappa shape index (κ1) is 22.1. The summed E-state index contributed by atoms with van der Waals surface area (Å²) in [7, 11) is 0. The molecule has 1 aliphatic heterocycles. The lowest BCUT2D eigenvalue weighted by Crippen LogP contribution is -2.44. The fourth-order valence-electron chi connectivity index (χ4n) is 4.73. The van der Waals surface area contributed by atoms with Gasteiger partial charge in [0.15, 0.2) is 11.5 Å². The number of aliphatic hydroxyl groups is 1. The van der Waals surface area contributed by atoms with E-state index in [1.807, 2.05) is 0 Å². The van der Waals surface area contributed by atoms with Crippen LogP contribution in [0.25, 0.3) is 11.0 Å². The minimum atomic E-state index is -1.87. The van der Waals surface area contributed by atoms with Crippen molar-refractivity contribution in [3.8, 4) is 0 Å². The van der Waals surface area contributed by atoms with Gasteiger partial charge in [0.2, 0.25) is 11.9 Å². The molecule has 0 saturated carbocycles. The molecule has 3 N–H and O–H groups in total. The summed E-state index contributed by atoms with van der Waals surface area (Å²) in [6.45, 7) is 0. The number of carbonyl (C=O) groups is 1. The van der Waals surface area contributed by atoms with Crippen LogP contribution in [-0.2, 0) is 10.5 Å². The number of nitrogens with one attached hydrogen (secondary N) is 2. The predicted octanol–water partition coefficient (Wildman–Crippen LogP) is 4.84. The minimum absolute atomic E-state index is 0.00610. The Labute approximate surface area is 209 Å². The molecule has 0 radical (unpaired) electrons. The molecule has 1 aliphatic rings. The molecule has 5 aromatic rings. The SMILES string of the molecule is O=CC1c2ccccc2C(O)(c2ccc3nc(Nc4ncccn4)[nH]c3c2)N1c1cccc(Cl)c1F. The summed E-state index contributed by atoms with van der Waals surface area (Å²) >= 11 is 6.08. The molecule has 0 amide bonds. The number of nitrogens with zero attached hydrogens (tertiary/aromatic N) is 4. The van der Waals surface area contributed by atoms with Crippen LogP contribution in [0.4, 0.5) is 22.0 Å². The number of halogens is 2. The molecule has 0 spiro atoms. The van der Waals surface area contributed by atoms with Crippen LogP contribution >= 0.6 is 11.6 Å². The first-order chi connectivity index (χ1) is 17.5. The van der Waals surface area contributed by atoms with Crippen LogP contribution in [-0.4, -0.2) is 31.3 Å². The lowest BCUT2D eigenvalue weighted by atomic mass is 9.93. The highest BCUT2D eigenvalue weighted by Gasteiger charge is 2.51. The number of imidazole rings is 1. The first-order valence-corrected chi connectivity index (χ1v) is 11.4. The fraction of sp³-hybridized carbons (Fsp3) is 0.0769. The Morgan fingerprint density at radius 3 is 2.69 bits per heavy atom. The number of carbonyl (C=O) groups excluding carboxylic acids is 1. The molecular formula is C26H18ClFN6O2. The summed E-state index contributed by atoms with van der Waals surface area (Å²) in [6, 6.07) is 17.4. The molecule has 6 rings (SSSR count). The van der Waals surface area contributed by atoms with E-state index in [1.54, 1.807) is 67.0 Å². The Morgan fingerprint density at radius 1 is 1.08 bits per heavy atom. The number of rotatable bonds is 5. The van der Waals surface area contributed by atoms with Gasteiger partial charge in [0.25, 0.3) is 0 Å². The molecule has 2 aromatic heterocycles. The highest BCUT2D eigenvalue weighted by molar-refractivity contribution is 6.31. The van der Waals surface area contributed by atoms with Crippen LogP contribution in [0, 0.1) is 5.82 Å². The van der Waals surface area contributed by atoms with Gasteiger partial charge in [-0.25, -0.2) is 19.3 Å². The van der Waals surface area contributed by atoms with E-state index in [4.69, 9.17) is 11.6 Å². The Bertz CT molecular complexity index is 1610. The largest absolute Gasteiger partial charge is 0.363 e. The molecule has 8 nitrogen and oxygen atoms in total. The van der Waals surface area contributed by atoms with Crippen molar-refractivity contribution in [1.29, 1.82) is 0 Å². The second-order valence-electron chi connectivity index (χ2n) is 8.30. The normalized spacial score (nSPS) is 18.9. The summed E-state index contributed by atoms with van der Waals surface area (Å²) < 4.78 is 15.3. The van der Waals surface area contributed by atoms with Gasteiger partial charge >= 0.3 is 0 Å². The maximum Gasteiger partial charge on any atom is 0.229 e. The molecule has 0 fully saturated rings. The van der Waals surface area contributed by atoms with Gasteiger partial charge in [-0.1, -0.05) is 48.0 Å². The van der Waals surface area contributed by atoms with Gasteiger partial charge < -0.3 is 19.8 Å². The zero-order chi connectivity index (χ0) is 24.9. The molecule has 2 unspecified atom stereocenters. The molecule has 3 aromatic carbocycles. The van der Waals surface area contributed by atoms with E-state index < -0.39 is 17.6 Å². The van der Waals surface area contributed by atoms with Crippen LogP contribution in [0.5, 0.6) is 0 Å². The van der Waals surface area contributed by atoms with Crippen molar-refractivity contribution < 1.29 is 14.3 Å². The van der Waals surface area contributed by atoms with Crippen molar-refractivity contribution in [1.82, 2.24) is 19.9 Å². The number of benzene rings is 3. The van der Waals surface area contributed by atoms with E-state index in [2.05, 4.69) is 25.3 Å². The smallest absolute Gasteiger partial charge is 0.229 e. The average molecular weight is 501 g/mol. The highest BCUT2D eigenvalue weighted by atomic mass is 35.5. The van der Waals surface area contributed by atoms with Crippen LogP contribution in [0.3, 0.4) is 0 Å². The lowest BCUT2D eigenvalue weighted by molar-refractivity contribution is -0.109. The molecule has 0 aliphatic carbocycles. The standard InChI is InChI=1S/C26H18ClFN6O2/c27-18-7-3-8-21(23(18)28)34-22(14-35)16-5-1-2-6-17(16)26(34,36)15-9-10-19-20(13-15)32-25(31-19)33-24-29-11-4-12-30-24/h1-14,22,36H,(H2,29,30,31,32,33). The van der Waals surface area contributed by atoms with E-state index in [0.29, 0.717) is 45.9 Å². The number of anilines is 3. The Kier molecular flexibility index (Phi) is 5.17. The van der Waals surface area contributed by atoms with Gasteiger partial charge in [-0.05, 0) is 35.9 Å². The molecule has 2 atom stereocenters. The van der Waals surface area contributed by atoms with Crippen molar-refractivity contribution in [3.63, 3.8) is 0 Å². The highest BCUT2D eigenvalue weighted by Crippen LogP contribution is 2.51. The molecule has 10 heteroatoms. The van der Waals surface area contributed by atoms with Crippen LogP contribution in [0.2, 0.25) is 5.02 Å². The predicted molar refractivity (Wildman–Crippen MR) is 134 cm³/mol. The fourth-order valence-corrected chi connectivity index (χ4v) is 4.90. The zero-order valence-electron chi connectivity index (χ0n) is 18.6. The maximum atomic E-state index is 15.3. The van der Waals surface area contributed by atoms with Gasteiger partial charge in [-0.3, -0.25) is 5.32 Å². The van der Waals surface area contributed by atoms with E-state index in [9.17, 15) is 9.90 Å². The van der Waals surface area contributed by atoms with E-state index in [1.165, 1.54) is 17.0 Å². The van der Waals surface area contributed by atoms with Crippen LogP contribution in [0.15, 0.2) is 79.1 Å². The number of aromatic amines is 1. The van der Waals surface area contributed by atoms with E-state index in [0.717, 1.165) is 0 Å². The average Bonchev–Trinajstić information content (AvgIpc) is 3.42. The zero-order valence-corrected chi connectivity index (χ0v) is 19.3. The topological polar surface area (TPSA) is 107 Å². The Balaban J connectivity index is 1.52. The lowest BCUT2D eigenvalue weighted by Gasteiger charge is -2.38. The number of hydrogen-bond donors (Lipinski definition) is 3. The monoisotopic (exact) mass is 500 g/mol. The summed E-state index contributed by atoms with van der Waals surface area (Å²) in [6.07, 6.45) is 3.90. The number of hydrogen-bond acceptors (Lipinski definition) is 7. The third-order valence-electron chi connectivity index (χ3n) is 6.28. The summed E-state index contributed by atoms with van der Waals surface area (Å²) in [5.41, 5.74) is 0.823. The molecule has 178 valence electrons. The van der Waals surface area contributed by atoms with Gasteiger partial charge in [0.05, 0.1) is 21.7 Å². The Morgan fingerprint density at radius 2 is 1.89 bits per heavy atom. The van der Waals surface area contributed by atoms with Crippen molar-refractivity contribution in [2.75, 3.05) is 10.2 Å². The molecule has 0 saturated heterocycles. The summed E-state index contributed by atoms with van der Waals surface area (Å²) in [5.74, 6) is 0.0569. The summed E-state index contributed by atoms with van der Waals surface area (Å²) in [4.78, 5) is 29.6. The van der Waals surface area contributed by atoms with E-state index in [-0.39, 0.29) is 10.7 Å².